The Balaban J connectivity index is 1.90. The minimum Gasteiger partial charge on any atom is -0.379 e. The van der Waals surface area contributed by atoms with Crippen LogP contribution in [0.25, 0.3) is 0 Å². The molecule has 1 heterocycles. The summed E-state index contributed by atoms with van der Waals surface area (Å²) in [4.78, 5) is 10.5. The number of nitro groups is 1. The van der Waals surface area contributed by atoms with Gasteiger partial charge in [0, 0.05) is 23.4 Å². The number of benzene rings is 1. The lowest BCUT2D eigenvalue weighted by Gasteiger charge is -2.42. The van der Waals surface area contributed by atoms with Crippen LogP contribution in [0.2, 0.25) is 0 Å². The molecular weight excluding hydrogens is 228 g/mol. The van der Waals surface area contributed by atoms with Gasteiger partial charge in [-0.05, 0) is 31.2 Å². The van der Waals surface area contributed by atoms with Crippen molar-refractivity contribution in [3.8, 4) is 0 Å². The first-order valence-corrected chi connectivity index (χ1v) is 6.74. The first-order valence-electron chi connectivity index (χ1n) is 6.74. The Morgan fingerprint density at radius 2 is 1.94 bits per heavy atom. The lowest BCUT2D eigenvalue weighted by molar-refractivity contribution is -0.384. The maximum atomic E-state index is 10.8. The van der Waals surface area contributed by atoms with Gasteiger partial charge in [-0.2, -0.15) is 0 Å². The van der Waals surface area contributed by atoms with Gasteiger partial charge in [-0.25, -0.2) is 0 Å². The standard InChI is InChI=1S/C14H18N2O2/c17-16(18)12-5-4-11-6-9-14(15-13(11)10-12)7-2-1-3-8-14/h4-5,10,15H,1-3,6-9H2. The summed E-state index contributed by atoms with van der Waals surface area (Å²) < 4.78 is 0. The van der Waals surface area contributed by atoms with E-state index in [2.05, 4.69) is 5.32 Å². The third-order valence-electron chi connectivity index (χ3n) is 4.39. The highest BCUT2D eigenvalue weighted by molar-refractivity contribution is 5.60. The van der Waals surface area contributed by atoms with Gasteiger partial charge < -0.3 is 5.32 Å². The third kappa shape index (κ3) is 1.96. The molecule has 0 atom stereocenters. The van der Waals surface area contributed by atoms with Crippen molar-refractivity contribution >= 4 is 11.4 Å². The monoisotopic (exact) mass is 246 g/mol. The fourth-order valence-electron chi connectivity index (χ4n) is 3.34. The summed E-state index contributed by atoms with van der Waals surface area (Å²) >= 11 is 0. The minimum atomic E-state index is -0.315. The normalized spacial score (nSPS) is 21.1. The molecule has 1 spiro atoms. The maximum absolute atomic E-state index is 10.8. The van der Waals surface area contributed by atoms with Crippen LogP contribution in [0.15, 0.2) is 18.2 Å². The van der Waals surface area contributed by atoms with Crippen molar-refractivity contribution in [2.24, 2.45) is 0 Å². The number of hydrogen-bond donors (Lipinski definition) is 1. The highest BCUT2D eigenvalue weighted by atomic mass is 16.6. The van der Waals surface area contributed by atoms with Crippen molar-refractivity contribution in [3.63, 3.8) is 0 Å². The fraction of sp³-hybridized carbons (Fsp3) is 0.571. The van der Waals surface area contributed by atoms with E-state index in [-0.39, 0.29) is 16.1 Å². The molecule has 18 heavy (non-hydrogen) atoms. The van der Waals surface area contributed by atoms with Crippen molar-refractivity contribution < 1.29 is 4.92 Å². The number of aryl methyl sites for hydroxylation is 1. The Kier molecular flexibility index (Phi) is 2.73. The van der Waals surface area contributed by atoms with Gasteiger partial charge in [-0.3, -0.25) is 10.1 Å². The topological polar surface area (TPSA) is 55.2 Å². The number of non-ortho nitro benzene ring substituents is 1. The van der Waals surface area contributed by atoms with Gasteiger partial charge in [0.05, 0.1) is 4.92 Å². The van der Waals surface area contributed by atoms with Gasteiger partial charge in [-0.1, -0.05) is 25.3 Å². The predicted octanol–water partition coefficient (Wildman–Crippen LogP) is 3.66. The molecule has 1 N–H and O–H groups in total. The maximum Gasteiger partial charge on any atom is 0.271 e. The molecule has 1 aromatic carbocycles. The summed E-state index contributed by atoms with van der Waals surface area (Å²) in [7, 11) is 0. The van der Waals surface area contributed by atoms with Gasteiger partial charge >= 0.3 is 0 Å². The van der Waals surface area contributed by atoms with E-state index in [1.807, 2.05) is 6.07 Å². The number of anilines is 1. The van der Waals surface area contributed by atoms with Gasteiger partial charge in [0.2, 0.25) is 0 Å². The number of nitrogens with one attached hydrogen (secondary N) is 1. The average molecular weight is 246 g/mol. The van der Waals surface area contributed by atoms with E-state index in [0.29, 0.717) is 0 Å². The summed E-state index contributed by atoms with van der Waals surface area (Å²) in [5, 5.41) is 14.4. The van der Waals surface area contributed by atoms with E-state index in [1.54, 1.807) is 12.1 Å². The van der Waals surface area contributed by atoms with E-state index in [0.717, 1.165) is 18.5 Å². The quantitative estimate of drug-likeness (QED) is 0.607. The van der Waals surface area contributed by atoms with Crippen molar-refractivity contribution in [1.29, 1.82) is 0 Å². The molecule has 0 amide bonds. The van der Waals surface area contributed by atoms with Crippen molar-refractivity contribution in [2.45, 2.75) is 50.5 Å². The van der Waals surface area contributed by atoms with E-state index in [4.69, 9.17) is 0 Å². The van der Waals surface area contributed by atoms with E-state index >= 15 is 0 Å². The Labute approximate surface area is 107 Å². The van der Waals surface area contributed by atoms with Crippen LogP contribution in [0.3, 0.4) is 0 Å². The SMILES string of the molecule is O=[N+]([O-])c1ccc2c(c1)NC1(CCCCC1)CC2. The molecule has 0 saturated heterocycles. The highest BCUT2D eigenvalue weighted by Gasteiger charge is 2.35. The third-order valence-corrected chi connectivity index (χ3v) is 4.39. The van der Waals surface area contributed by atoms with Gasteiger partial charge in [0.25, 0.3) is 5.69 Å². The Hall–Kier alpha value is -1.58. The molecule has 1 aromatic rings. The first-order chi connectivity index (χ1) is 8.69. The zero-order chi connectivity index (χ0) is 12.6. The van der Waals surface area contributed by atoms with E-state index in [1.165, 1.54) is 37.7 Å². The fourth-order valence-corrected chi connectivity index (χ4v) is 3.34. The number of hydrogen-bond acceptors (Lipinski definition) is 3. The van der Waals surface area contributed by atoms with Crippen LogP contribution in [0, 0.1) is 10.1 Å². The Morgan fingerprint density at radius 1 is 1.17 bits per heavy atom. The second-order valence-electron chi connectivity index (χ2n) is 5.56. The lowest BCUT2D eigenvalue weighted by atomic mass is 9.75. The molecule has 1 saturated carbocycles. The van der Waals surface area contributed by atoms with Gasteiger partial charge in [0.1, 0.15) is 0 Å². The summed E-state index contributed by atoms with van der Waals surface area (Å²) in [5.74, 6) is 0. The van der Waals surface area contributed by atoms with E-state index in [9.17, 15) is 10.1 Å². The smallest absolute Gasteiger partial charge is 0.271 e. The summed E-state index contributed by atoms with van der Waals surface area (Å²) in [6.07, 6.45) is 8.49. The van der Waals surface area contributed by atoms with E-state index < -0.39 is 0 Å². The molecular formula is C14H18N2O2. The van der Waals surface area contributed by atoms with Crippen LogP contribution in [0.5, 0.6) is 0 Å². The second kappa shape index (κ2) is 4.26. The highest BCUT2D eigenvalue weighted by Crippen LogP contribution is 2.40. The first kappa shape index (κ1) is 11.5. The van der Waals surface area contributed by atoms with Gasteiger partial charge in [0.15, 0.2) is 0 Å². The molecule has 4 heteroatoms. The second-order valence-corrected chi connectivity index (χ2v) is 5.56. The molecule has 3 rings (SSSR count). The van der Waals surface area contributed by atoms with Crippen LogP contribution in [-0.4, -0.2) is 10.5 Å². The van der Waals surface area contributed by atoms with Crippen molar-refractivity contribution in [3.05, 3.63) is 33.9 Å². The number of rotatable bonds is 1. The number of nitro benzene ring substituents is 1. The number of fused-ring (bicyclic) bond motifs is 1. The molecule has 1 aliphatic heterocycles. The number of nitrogens with zero attached hydrogens (tertiary/aromatic N) is 1. The molecule has 0 unspecified atom stereocenters. The molecule has 4 nitrogen and oxygen atoms in total. The average Bonchev–Trinajstić information content (AvgIpc) is 2.38. The van der Waals surface area contributed by atoms with Crippen LogP contribution in [0.1, 0.15) is 44.1 Å². The van der Waals surface area contributed by atoms with Crippen molar-refractivity contribution in [2.75, 3.05) is 5.32 Å². The Bertz CT molecular complexity index is 479. The summed E-state index contributed by atoms with van der Waals surface area (Å²) in [5.41, 5.74) is 2.60. The molecule has 1 fully saturated rings. The molecule has 96 valence electrons. The molecule has 0 bridgehead atoms. The van der Waals surface area contributed by atoms with Crippen LogP contribution < -0.4 is 5.32 Å². The molecule has 0 radical (unpaired) electrons. The zero-order valence-corrected chi connectivity index (χ0v) is 10.4. The predicted molar refractivity (Wildman–Crippen MR) is 70.9 cm³/mol. The van der Waals surface area contributed by atoms with Crippen molar-refractivity contribution in [1.82, 2.24) is 0 Å². The summed E-state index contributed by atoms with van der Waals surface area (Å²) in [6.45, 7) is 0. The Morgan fingerprint density at radius 3 is 2.67 bits per heavy atom. The van der Waals surface area contributed by atoms with Crippen LogP contribution in [-0.2, 0) is 6.42 Å². The van der Waals surface area contributed by atoms with Crippen LogP contribution >= 0.6 is 0 Å². The molecule has 2 aliphatic rings. The lowest BCUT2D eigenvalue weighted by Crippen LogP contribution is -2.43. The minimum absolute atomic E-state index is 0.189. The van der Waals surface area contributed by atoms with Crippen LogP contribution in [0.4, 0.5) is 11.4 Å². The molecule has 1 aliphatic carbocycles. The van der Waals surface area contributed by atoms with Gasteiger partial charge in [-0.15, -0.1) is 0 Å². The summed E-state index contributed by atoms with van der Waals surface area (Å²) in [6, 6.07) is 5.21. The largest absolute Gasteiger partial charge is 0.379 e. The zero-order valence-electron chi connectivity index (χ0n) is 10.4. The molecule has 0 aromatic heterocycles.